The minimum absolute atomic E-state index is 0.0314. The molecule has 2 aromatic rings. The predicted octanol–water partition coefficient (Wildman–Crippen LogP) is 3.85. The fraction of sp³-hybridized carbons (Fsp3) is 0.565. The Kier molecular flexibility index (Phi) is 5.67. The number of aryl methyl sites for hydroxylation is 1. The van der Waals surface area contributed by atoms with Gasteiger partial charge in [0.15, 0.2) is 0 Å². The normalized spacial score (nSPS) is 18.8. The van der Waals surface area contributed by atoms with Gasteiger partial charge in [0.1, 0.15) is 0 Å². The van der Waals surface area contributed by atoms with E-state index in [1.807, 2.05) is 29.8 Å². The molecule has 2 N–H and O–H groups in total. The van der Waals surface area contributed by atoms with E-state index in [2.05, 4.69) is 62.5 Å². The molecule has 0 radical (unpaired) electrons. The number of para-hydroxylation sites is 1. The first-order chi connectivity index (χ1) is 13.1. The van der Waals surface area contributed by atoms with E-state index in [0.717, 1.165) is 29.9 Å². The number of aromatic nitrogens is 2. The van der Waals surface area contributed by atoms with Gasteiger partial charge < -0.3 is 10.6 Å². The number of hydrogen-bond acceptors (Lipinski definition) is 3. The molecule has 152 valence electrons. The van der Waals surface area contributed by atoms with Gasteiger partial charge in [-0.1, -0.05) is 18.2 Å². The lowest BCUT2D eigenvalue weighted by atomic mass is 9.79. The Morgan fingerprint density at radius 1 is 1.14 bits per heavy atom. The molecule has 3 rings (SSSR count). The molecule has 1 amide bonds. The van der Waals surface area contributed by atoms with Gasteiger partial charge in [0.25, 0.3) is 0 Å². The summed E-state index contributed by atoms with van der Waals surface area (Å²) in [6.45, 7) is 12.9. The van der Waals surface area contributed by atoms with Crippen LogP contribution in [-0.4, -0.2) is 32.8 Å². The molecule has 1 aliphatic heterocycles. The number of piperidine rings is 1. The lowest BCUT2D eigenvalue weighted by Crippen LogP contribution is -2.62. The molecule has 0 spiro atoms. The number of nitrogens with zero attached hydrogens (tertiary/aromatic N) is 2. The maximum atomic E-state index is 12.6. The Labute approximate surface area is 168 Å². The van der Waals surface area contributed by atoms with Gasteiger partial charge in [-0.15, -0.1) is 0 Å². The molecule has 28 heavy (non-hydrogen) atoms. The van der Waals surface area contributed by atoms with Crippen LogP contribution in [0.25, 0.3) is 5.69 Å². The minimum atomic E-state index is 0.0314. The predicted molar refractivity (Wildman–Crippen MR) is 114 cm³/mol. The summed E-state index contributed by atoms with van der Waals surface area (Å²) in [5.41, 5.74) is 4.40. The summed E-state index contributed by atoms with van der Waals surface area (Å²) in [5.74, 6) is 0.129. The maximum absolute atomic E-state index is 12.6. The van der Waals surface area contributed by atoms with Crippen molar-refractivity contribution in [1.29, 1.82) is 0 Å². The third-order valence-corrected chi connectivity index (χ3v) is 5.60. The Balaban J connectivity index is 1.63. The zero-order valence-electron chi connectivity index (χ0n) is 18.1. The molecule has 0 bridgehead atoms. The molecule has 2 heterocycles. The van der Waals surface area contributed by atoms with Crippen molar-refractivity contribution in [2.75, 3.05) is 0 Å². The number of hydrogen-bond donors (Lipinski definition) is 2. The Hall–Kier alpha value is -2.14. The fourth-order valence-corrected chi connectivity index (χ4v) is 4.82. The highest BCUT2D eigenvalue weighted by atomic mass is 16.1. The van der Waals surface area contributed by atoms with Crippen LogP contribution in [0, 0.1) is 13.8 Å². The van der Waals surface area contributed by atoms with Crippen molar-refractivity contribution in [3.05, 3.63) is 47.3 Å². The molecule has 5 nitrogen and oxygen atoms in total. The van der Waals surface area contributed by atoms with Crippen LogP contribution in [0.15, 0.2) is 30.3 Å². The summed E-state index contributed by atoms with van der Waals surface area (Å²) in [6, 6.07) is 10.4. The number of carbonyl (C=O) groups is 1. The van der Waals surface area contributed by atoms with Crippen molar-refractivity contribution in [3.8, 4) is 5.69 Å². The summed E-state index contributed by atoms with van der Waals surface area (Å²) >= 11 is 0. The van der Waals surface area contributed by atoms with Gasteiger partial charge in [-0.25, -0.2) is 4.68 Å². The Morgan fingerprint density at radius 2 is 1.75 bits per heavy atom. The summed E-state index contributed by atoms with van der Waals surface area (Å²) in [4.78, 5) is 12.6. The van der Waals surface area contributed by atoms with E-state index in [0.29, 0.717) is 12.8 Å². The molecule has 1 saturated heterocycles. The van der Waals surface area contributed by atoms with Gasteiger partial charge in [0.2, 0.25) is 5.91 Å². The average molecular weight is 383 g/mol. The molecule has 0 atom stereocenters. The topological polar surface area (TPSA) is 59.0 Å². The van der Waals surface area contributed by atoms with Gasteiger partial charge >= 0.3 is 0 Å². The lowest BCUT2D eigenvalue weighted by molar-refractivity contribution is -0.122. The molecule has 1 aromatic heterocycles. The van der Waals surface area contributed by atoms with Gasteiger partial charge in [0, 0.05) is 29.2 Å². The van der Waals surface area contributed by atoms with Crippen molar-refractivity contribution >= 4 is 5.91 Å². The highest BCUT2D eigenvalue weighted by Crippen LogP contribution is 2.28. The second kappa shape index (κ2) is 7.70. The zero-order valence-corrected chi connectivity index (χ0v) is 18.1. The van der Waals surface area contributed by atoms with Crippen LogP contribution in [0.1, 0.15) is 63.9 Å². The van der Waals surface area contributed by atoms with Gasteiger partial charge in [-0.3, -0.25) is 4.79 Å². The Morgan fingerprint density at radius 3 is 2.36 bits per heavy atom. The second-order valence-corrected chi connectivity index (χ2v) is 9.46. The van der Waals surface area contributed by atoms with Gasteiger partial charge in [0.05, 0.1) is 11.4 Å². The molecule has 1 aromatic carbocycles. The summed E-state index contributed by atoms with van der Waals surface area (Å²) in [5, 5.41) is 11.6. The number of benzene rings is 1. The van der Waals surface area contributed by atoms with Crippen molar-refractivity contribution < 1.29 is 4.79 Å². The molecule has 0 aliphatic carbocycles. The molecule has 0 unspecified atom stereocenters. The standard InChI is InChI=1S/C23H34N4O/c1-16-20(17(2)27(25-16)19-10-8-7-9-11-19)12-13-21(28)24-18-14-22(3,4)26-23(5,6)15-18/h7-11,18,26H,12-15H2,1-6H3,(H,24,28). The van der Waals surface area contributed by atoms with E-state index in [4.69, 9.17) is 0 Å². The van der Waals surface area contributed by atoms with Crippen LogP contribution in [0.2, 0.25) is 0 Å². The van der Waals surface area contributed by atoms with Crippen LogP contribution in [-0.2, 0) is 11.2 Å². The molecule has 0 saturated carbocycles. The van der Waals surface area contributed by atoms with E-state index < -0.39 is 0 Å². The van der Waals surface area contributed by atoms with Crippen LogP contribution >= 0.6 is 0 Å². The molecule has 1 aliphatic rings. The third kappa shape index (κ3) is 4.82. The first-order valence-electron chi connectivity index (χ1n) is 10.3. The van der Waals surface area contributed by atoms with Gasteiger partial charge in [-0.2, -0.15) is 5.10 Å². The number of rotatable bonds is 5. The summed E-state index contributed by atoms with van der Waals surface area (Å²) in [7, 11) is 0. The largest absolute Gasteiger partial charge is 0.353 e. The summed E-state index contributed by atoms with van der Waals surface area (Å²) < 4.78 is 1.97. The van der Waals surface area contributed by atoms with Crippen LogP contribution < -0.4 is 10.6 Å². The first-order valence-corrected chi connectivity index (χ1v) is 10.3. The first kappa shape index (κ1) is 20.6. The van der Waals surface area contributed by atoms with Crippen molar-refractivity contribution in [2.24, 2.45) is 0 Å². The van der Waals surface area contributed by atoms with E-state index in [-0.39, 0.29) is 23.0 Å². The van der Waals surface area contributed by atoms with Crippen LogP contribution in [0.3, 0.4) is 0 Å². The average Bonchev–Trinajstić information content (AvgIpc) is 2.85. The smallest absolute Gasteiger partial charge is 0.220 e. The highest BCUT2D eigenvalue weighted by molar-refractivity contribution is 5.76. The maximum Gasteiger partial charge on any atom is 0.220 e. The van der Waals surface area contributed by atoms with Crippen molar-refractivity contribution in [3.63, 3.8) is 0 Å². The fourth-order valence-electron chi connectivity index (χ4n) is 4.82. The molecular formula is C23H34N4O. The molecule has 5 heteroatoms. The van der Waals surface area contributed by atoms with Gasteiger partial charge in [-0.05, 0) is 78.5 Å². The van der Waals surface area contributed by atoms with E-state index in [1.54, 1.807) is 0 Å². The second-order valence-electron chi connectivity index (χ2n) is 9.46. The summed E-state index contributed by atoms with van der Waals surface area (Å²) in [6.07, 6.45) is 3.11. The number of nitrogens with one attached hydrogen (secondary N) is 2. The minimum Gasteiger partial charge on any atom is -0.353 e. The van der Waals surface area contributed by atoms with E-state index >= 15 is 0 Å². The Bertz CT molecular complexity index is 820. The number of carbonyl (C=O) groups excluding carboxylic acids is 1. The van der Waals surface area contributed by atoms with Crippen LogP contribution in [0.5, 0.6) is 0 Å². The monoisotopic (exact) mass is 382 g/mol. The SMILES string of the molecule is Cc1nn(-c2ccccc2)c(C)c1CCC(=O)NC1CC(C)(C)NC(C)(C)C1. The quantitative estimate of drug-likeness (QED) is 0.826. The third-order valence-electron chi connectivity index (χ3n) is 5.60. The van der Waals surface area contributed by atoms with E-state index in [1.165, 1.54) is 5.56 Å². The van der Waals surface area contributed by atoms with Crippen LogP contribution in [0.4, 0.5) is 0 Å². The van der Waals surface area contributed by atoms with Crippen molar-refractivity contribution in [2.45, 2.75) is 84.3 Å². The highest BCUT2D eigenvalue weighted by Gasteiger charge is 2.38. The van der Waals surface area contributed by atoms with E-state index in [9.17, 15) is 4.79 Å². The molecular weight excluding hydrogens is 348 g/mol. The zero-order chi connectivity index (χ0) is 20.5. The number of amides is 1. The molecule has 1 fully saturated rings. The van der Waals surface area contributed by atoms with Crippen molar-refractivity contribution in [1.82, 2.24) is 20.4 Å². The lowest BCUT2D eigenvalue weighted by Gasteiger charge is -2.46.